The van der Waals surface area contributed by atoms with E-state index < -0.39 is 0 Å². The summed E-state index contributed by atoms with van der Waals surface area (Å²) in [5.74, 6) is 1.17. The minimum atomic E-state index is 0.00462. The van der Waals surface area contributed by atoms with Gasteiger partial charge >= 0.3 is 0 Å². The van der Waals surface area contributed by atoms with E-state index >= 15 is 0 Å². The molecule has 0 N–H and O–H groups in total. The van der Waals surface area contributed by atoms with Crippen LogP contribution in [0.3, 0.4) is 0 Å². The van der Waals surface area contributed by atoms with E-state index in [-0.39, 0.29) is 11.8 Å². The first-order valence-electron chi connectivity index (χ1n) is 8.75. The van der Waals surface area contributed by atoms with Crippen molar-refractivity contribution in [1.82, 2.24) is 14.9 Å². The van der Waals surface area contributed by atoms with Gasteiger partial charge in [-0.15, -0.1) is 0 Å². The average molecular weight is 338 g/mol. The van der Waals surface area contributed by atoms with Gasteiger partial charge in [0.2, 0.25) is 5.91 Å². The fraction of sp³-hybridized carbons (Fsp3) is 0.421. The van der Waals surface area contributed by atoms with Crippen molar-refractivity contribution >= 4 is 11.7 Å². The largest absolute Gasteiger partial charge is 0.381 e. The molecule has 2 aromatic rings. The van der Waals surface area contributed by atoms with Crippen LogP contribution in [-0.2, 0) is 22.6 Å². The van der Waals surface area contributed by atoms with Gasteiger partial charge in [0.25, 0.3) is 0 Å². The molecule has 1 atom stereocenters. The SMILES string of the molecule is O=C([C@H]1CCOC1)N1CCN(Cc2cccnc2)c2ncccc2C1. The maximum absolute atomic E-state index is 12.8. The van der Waals surface area contributed by atoms with E-state index in [4.69, 9.17) is 4.74 Å². The Morgan fingerprint density at radius 2 is 2.16 bits per heavy atom. The smallest absolute Gasteiger partial charge is 0.228 e. The normalized spacial score (nSPS) is 20.2. The van der Waals surface area contributed by atoms with Crippen LogP contribution in [0.25, 0.3) is 0 Å². The molecule has 1 saturated heterocycles. The van der Waals surface area contributed by atoms with Crippen LogP contribution >= 0.6 is 0 Å². The molecule has 2 aromatic heterocycles. The number of hydrogen-bond donors (Lipinski definition) is 0. The molecule has 6 heteroatoms. The fourth-order valence-electron chi connectivity index (χ4n) is 3.51. The van der Waals surface area contributed by atoms with Gasteiger partial charge in [0.05, 0.1) is 12.5 Å². The van der Waals surface area contributed by atoms with E-state index in [9.17, 15) is 4.79 Å². The number of ether oxygens (including phenoxy) is 1. The van der Waals surface area contributed by atoms with Crippen LogP contribution in [0.1, 0.15) is 17.5 Å². The first-order chi connectivity index (χ1) is 12.3. The topological polar surface area (TPSA) is 58.6 Å². The Kier molecular flexibility index (Phi) is 4.61. The number of carbonyl (C=O) groups is 1. The zero-order valence-corrected chi connectivity index (χ0v) is 14.2. The van der Waals surface area contributed by atoms with Gasteiger partial charge in [0, 0.05) is 56.9 Å². The van der Waals surface area contributed by atoms with Crippen molar-refractivity contribution in [2.24, 2.45) is 5.92 Å². The number of pyridine rings is 2. The summed E-state index contributed by atoms with van der Waals surface area (Å²) in [5.41, 5.74) is 2.24. The van der Waals surface area contributed by atoms with Crippen LogP contribution in [0.4, 0.5) is 5.82 Å². The van der Waals surface area contributed by atoms with Crippen molar-refractivity contribution in [2.45, 2.75) is 19.5 Å². The molecular formula is C19H22N4O2. The average Bonchev–Trinajstić information content (AvgIpc) is 3.13. The van der Waals surface area contributed by atoms with Gasteiger partial charge in [0.1, 0.15) is 5.82 Å². The molecule has 0 aromatic carbocycles. The summed E-state index contributed by atoms with van der Waals surface area (Å²) in [6.07, 6.45) is 6.31. The molecule has 1 amide bonds. The first-order valence-corrected chi connectivity index (χ1v) is 8.75. The number of fused-ring (bicyclic) bond motifs is 1. The zero-order chi connectivity index (χ0) is 17.1. The summed E-state index contributed by atoms with van der Waals surface area (Å²) >= 11 is 0. The van der Waals surface area contributed by atoms with Crippen LogP contribution in [0.2, 0.25) is 0 Å². The second-order valence-corrected chi connectivity index (χ2v) is 6.59. The monoisotopic (exact) mass is 338 g/mol. The number of hydrogen-bond acceptors (Lipinski definition) is 5. The Morgan fingerprint density at radius 1 is 1.24 bits per heavy atom. The molecule has 4 rings (SSSR count). The molecule has 1 fully saturated rings. The number of rotatable bonds is 3. The molecule has 0 aliphatic carbocycles. The highest BCUT2D eigenvalue weighted by Gasteiger charge is 2.30. The molecule has 0 radical (unpaired) electrons. The molecule has 0 unspecified atom stereocenters. The summed E-state index contributed by atoms with van der Waals surface area (Å²) in [6.45, 7) is 4.06. The van der Waals surface area contributed by atoms with E-state index in [1.165, 1.54) is 0 Å². The van der Waals surface area contributed by atoms with Crippen LogP contribution in [-0.4, -0.2) is 47.1 Å². The number of carbonyl (C=O) groups excluding carboxylic acids is 1. The molecule has 130 valence electrons. The number of anilines is 1. The lowest BCUT2D eigenvalue weighted by atomic mass is 10.1. The third-order valence-electron chi connectivity index (χ3n) is 4.85. The summed E-state index contributed by atoms with van der Waals surface area (Å²) < 4.78 is 5.39. The van der Waals surface area contributed by atoms with Crippen molar-refractivity contribution in [1.29, 1.82) is 0 Å². The lowest BCUT2D eigenvalue weighted by Crippen LogP contribution is -2.39. The molecule has 6 nitrogen and oxygen atoms in total. The Morgan fingerprint density at radius 3 is 2.96 bits per heavy atom. The van der Waals surface area contributed by atoms with Crippen molar-refractivity contribution < 1.29 is 9.53 Å². The van der Waals surface area contributed by atoms with E-state index in [2.05, 4.69) is 27.0 Å². The second-order valence-electron chi connectivity index (χ2n) is 6.59. The fourth-order valence-corrected chi connectivity index (χ4v) is 3.51. The molecular weight excluding hydrogens is 316 g/mol. The quantitative estimate of drug-likeness (QED) is 0.855. The summed E-state index contributed by atoms with van der Waals surface area (Å²) in [5, 5.41) is 0. The van der Waals surface area contributed by atoms with Gasteiger partial charge in [-0.2, -0.15) is 0 Å². The highest BCUT2D eigenvalue weighted by Crippen LogP contribution is 2.26. The van der Waals surface area contributed by atoms with Gasteiger partial charge in [-0.1, -0.05) is 12.1 Å². The van der Waals surface area contributed by atoms with Gasteiger partial charge in [-0.05, 0) is 24.1 Å². The minimum absolute atomic E-state index is 0.00462. The van der Waals surface area contributed by atoms with E-state index in [1.807, 2.05) is 29.4 Å². The minimum Gasteiger partial charge on any atom is -0.381 e. The van der Waals surface area contributed by atoms with E-state index in [1.54, 1.807) is 6.20 Å². The zero-order valence-electron chi connectivity index (χ0n) is 14.2. The highest BCUT2D eigenvalue weighted by atomic mass is 16.5. The van der Waals surface area contributed by atoms with Gasteiger partial charge < -0.3 is 14.5 Å². The summed E-state index contributed by atoms with van der Waals surface area (Å²) in [7, 11) is 0. The van der Waals surface area contributed by atoms with Crippen molar-refractivity contribution in [3.8, 4) is 0 Å². The third-order valence-corrected chi connectivity index (χ3v) is 4.85. The predicted octanol–water partition coefficient (Wildman–Crippen LogP) is 1.86. The van der Waals surface area contributed by atoms with Crippen molar-refractivity contribution in [3.63, 3.8) is 0 Å². The molecule has 4 heterocycles. The summed E-state index contributed by atoms with van der Waals surface area (Å²) in [4.78, 5) is 25.8. The molecule has 0 bridgehead atoms. The Hall–Kier alpha value is -2.47. The number of nitrogens with zero attached hydrogens (tertiary/aromatic N) is 4. The Balaban J connectivity index is 1.56. The summed E-state index contributed by atoms with van der Waals surface area (Å²) in [6, 6.07) is 8.02. The standard InChI is InChI=1S/C19H22N4O2/c24-19(17-5-10-25-14-17)23-9-8-22(12-15-3-1-6-20-11-15)18-16(13-23)4-2-7-21-18/h1-4,6-7,11,17H,5,8-10,12-14H2/t17-/m0/s1. The molecule has 2 aliphatic heterocycles. The maximum Gasteiger partial charge on any atom is 0.228 e. The Labute approximate surface area is 147 Å². The van der Waals surface area contributed by atoms with Crippen molar-refractivity contribution in [2.75, 3.05) is 31.2 Å². The number of aromatic nitrogens is 2. The number of amides is 1. The van der Waals surface area contributed by atoms with Crippen LogP contribution in [0, 0.1) is 5.92 Å². The lowest BCUT2D eigenvalue weighted by molar-refractivity contribution is -0.135. The van der Waals surface area contributed by atoms with Gasteiger partial charge in [-0.3, -0.25) is 9.78 Å². The first kappa shape index (κ1) is 16.0. The van der Waals surface area contributed by atoms with E-state index in [0.717, 1.165) is 36.5 Å². The van der Waals surface area contributed by atoms with Crippen molar-refractivity contribution in [3.05, 3.63) is 54.0 Å². The second kappa shape index (κ2) is 7.19. The highest BCUT2D eigenvalue weighted by molar-refractivity contribution is 5.79. The van der Waals surface area contributed by atoms with Crippen LogP contribution in [0.5, 0.6) is 0 Å². The lowest BCUT2D eigenvalue weighted by Gasteiger charge is -2.25. The van der Waals surface area contributed by atoms with Gasteiger partial charge in [0.15, 0.2) is 0 Å². The van der Waals surface area contributed by atoms with Crippen LogP contribution in [0.15, 0.2) is 42.9 Å². The molecule has 25 heavy (non-hydrogen) atoms. The molecule has 2 aliphatic rings. The van der Waals surface area contributed by atoms with Gasteiger partial charge in [-0.25, -0.2) is 4.98 Å². The third kappa shape index (κ3) is 3.49. The maximum atomic E-state index is 12.8. The molecule has 0 spiro atoms. The van der Waals surface area contributed by atoms with E-state index in [0.29, 0.717) is 26.3 Å². The Bertz CT molecular complexity index is 731. The molecule has 0 saturated carbocycles. The predicted molar refractivity (Wildman–Crippen MR) is 93.9 cm³/mol. The van der Waals surface area contributed by atoms with Crippen LogP contribution < -0.4 is 4.90 Å².